The minimum atomic E-state index is -3.31. The number of rotatable bonds is 2. The fourth-order valence-electron chi connectivity index (χ4n) is 0.0583. The molecule has 0 aliphatic carbocycles. The van der Waals surface area contributed by atoms with E-state index in [9.17, 15) is 13.2 Å². The van der Waals surface area contributed by atoms with E-state index in [1.807, 2.05) is 0 Å². The third-order valence-electron chi connectivity index (χ3n) is 0.450. The standard InChI is InChI=1S/C3H4F3IO/c1-7-3(6,8)2(4)5/h2,8H,1H2. The molecule has 0 aromatic rings. The van der Waals surface area contributed by atoms with Crippen molar-refractivity contribution in [2.45, 2.75) is 10.3 Å². The third kappa shape index (κ3) is 2.08. The first-order chi connectivity index (χ1) is 3.50. The van der Waals surface area contributed by atoms with Crippen molar-refractivity contribution in [3.05, 3.63) is 0 Å². The van der Waals surface area contributed by atoms with Gasteiger partial charge in [0.15, 0.2) is 0 Å². The van der Waals surface area contributed by atoms with Crippen LogP contribution >= 0.6 is 20.7 Å². The Labute approximate surface area is 54.3 Å². The molecule has 1 N–H and O–H groups in total. The van der Waals surface area contributed by atoms with E-state index >= 15 is 0 Å². The summed E-state index contributed by atoms with van der Waals surface area (Å²) in [6.07, 6.45) is -3.31. The van der Waals surface area contributed by atoms with Gasteiger partial charge in [-0.05, 0) is 0 Å². The van der Waals surface area contributed by atoms with Crippen LogP contribution in [0.2, 0.25) is 0 Å². The molecule has 0 spiro atoms. The van der Waals surface area contributed by atoms with Gasteiger partial charge in [0.05, 0.1) is 0 Å². The Bertz CT molecular complexity index is 92.5. The summed E-state index contributed by atoms with van der Waals surface area (Å²) in [6.45, 7) is 0. The maximum Gasteiger partial charge on any atom is 0.313 e. The minimum Gasteiger partial charge on any atom is -0.350 e. The lowest BCUT2D eigenvalue weighted by Crippen LogP contribution is -2.23. The van der Waals surface area contributed by atoms with Gasteiger partial charge in [0.2, 0.25) is 0 Å². The van der Waals surface area contributed by atoms with Gasteiger partial charge in [-0.25, -0.2) is 8.78 Å². The van der Waals surface area contributed by atoms with Gasteiger partial charge in [-0.1, -0.05) is 25.2 Å². The molecule has 8 heavy (non-hydrogen) atoms. The van der Waals surface area contributed by atoms with Crippen molar-refractivity contribution in [1.82, 2.24) is 0 Å². The van der Waals surface area contributed by atoms with E-state index in [-0.39, 0.29) is 0 Å². The average Bonchev–Trinajstić information content (AvgIpc) is 1.67. The maximum atomic E-state index is 11.7. The summed E-state index contributed by atoms with van der Waals surface area (Å²) in [5.41, 5.74) is 0. The predicted octanol–water partition coefficient (Wildman–Crippen LogP) is 1.27. The molecule has 0 heterocycles. The van der Waals surface area contributed by atoms with Crippen LogP contribution in [-0.4, -0.2) is 19.9 Å². The predicted molar refractivity (Wildman–Crippen MR) is 33.2 cm³/mol. The van der Waals surface area contributed by atoms with Crippen molar-refractivity contribution < 1.29 is 18.3 Å². The molecule has 1 atom stereocenters. The molecule has 50 valence electrons. The monoisotopic (exact) mass is 240 g/mol. The smallest absolute Gasteiger partial charge is 0.313 e. The summed E-state index contributed by atoms with van der Waals surface area (Å²) >= 11 is -1.69. The van der Waals surface area contributed by atoms with Gasteiger partial charge in [-0.2, -0.15) is 4.39 Å². The van der Waals surface area contributed by atoms with Crippen LogP contribution in [0.1, 0.15) is 0 Å². The van der Waals surface area contributed by atoms with Crippen molar-refractivity contribution in [3.8, 4) is 0 Å². The highest BCUT2D eigenvalue weighted by Crippen LogP contribution is 2.28. The van der Waals surface area contributed by atoms with Crippen molar-refractivity contribution in [2.75, 3.05) is 0 Å². The molecule has 0 rings (SSSR count). The van der Waals surface area contributed by atoms with E-state index in [2.05, 4.69) is 4.51 Å². The number of alkyl halides is 4. The van der Waals surface area contributed by atoms with Crippen molar-refractivity contribution in [1.29, 1.82) is 0 Å². The van der Waals surface area contributed by atoms with Gasteiger partial charge in [-0.3, -0.25) is 0 Å². The molecule has 1 unspecified atom stereocenters. The van der Waals surface area contributed by atoms with Gasteiger partial charge >= 0.3 is 10.3 Å². The van der Waals surface area contributed by atoms with E-state index in [1.165, 1.54) is 0 Å². The summed E-state index contributed by atoms with van der Waals surface area (Å²) in [5, 5.41) is 7.97. The van der Waals surface area contributed by atoms with E-state index in [0.29, 0.717) is 0 Å². The average molecular weight is 240 g/mol. The molecule has 0 aromatic carbocycles. The summed E-state index contributed by atoms with van der Waals surface area (Å²) in [6, 6.07) is 0. The fraction of sp³-hybridized carbons (Fsp3) is 0.667. The van der Waals surface area contributed by atoms with E-state index in [0.717, 1.165) is 0 Å². The minimum absolute atomic E-state index is 1.69. The SMILES string of the molecule is C=IC(O)(F)C(F)F. The van der Waals surface area contributed by atoms with Crippen LogP contribution in [0.4, 0.5) is 13.2 Å². The van der Waals surface area contributed by atoms with E-state index < -0.39 is 31.0 Å². The summed E-state index contributed by atoms with van der Waals surface area (Å²) < 4.78 is 33.7. The van der Waals surface area contributed by atoms with E-state index in [1.54, 1.807) is 0 Å². The first-order valence-corrected chi connectivity index (χ1v) is 4.20. The first kappa shape index (κ1) is 8.35. The van der Waals surface area contributed by atoms with Crippen LogP contribution in [0.5, 0.6) is 0 Å². The Morgan fingerprint density at radius 1 is 1.62 bits per heavy atom. The zero-order chi connectivity index (χ0) is 6.78. The first-order valence-electron chi connectivity index (χ1n) is 1.59. The number of hydrogen-bond acceptors (Lipinski definition) is 1. The second kappa shape index (κ2) is 2.77. The topological polar surface area (TPSA) is 20.2 Å². The molecular formula is C3H4F3IO. The molecule has 0 radical (unpaired) electrons. The molecule has 0 aromatic heterocycles. The highest BCUT2D eigenvalue weighted by molar-refractivity contribution is 14.2. The van der Waals surface area contributed by atoms with Gasteiger partial charge in [-0.15, -0.1) is 0 Å². The van der Waals surface area contributed by atoms with Crippen molar-refractivity contribution >= 4 is 25.2 Å². The molecular weight excluding hydrogens is 236 g/mol. The highest BCUT2D eigenvalue weighted by atomic mass is 127. The van der Waals surface area contributed by atoms with E-state index in [4.69, 9.17) is 5.11 Å². The molecule has 0 bridgehead atoms. The Balaban J connectivity index is 3.90. The summed E-state index contributed by atoms with van der Waals surface area (Å²) in [7, 11) is 0. The Hall–Kier alpha value is 0.350. The molecule has 1 nitrogen and oxygen atoms in total. The van der Waals surface area contributed by atoms with Crippen LogP contribution in [0.3, 0.4) is 0 Å². The third-order valence-corrected chi connectivity index (χ3v) is 1.99. The van der Waals surface area contributed by atoms with Crippen LogP contribution in [0, 0.1) is 0 Å². The lowest BCUT2D eigenvalue weighted by atomic mass is 10.7. The van der Waals surface area contributed by atoms with Crippen LogP contribution in [0.15, 0.2) is 0 Å². The van der Waals surface area contributed by atoms with Crippen molar-refractivity contribution in [2.24, 2.45) is 0 Å². The number of halogens is 4. The van der Waals surface area contributed by atoms with Crippen LogP contribution in [0.25, 0.3) is 0 Å². The lowest BCUT2D eigenvalue weighted by Gasteiger charge is -2.09. The van der Waals surface area contributed by atoms with Crippen LogP contribution in [-0.2, 0) is 0 Å². The largest absolute Gasteiger partial charge is 0.350 e. The zero-order valence-electron chi connectivity index (χ0n) is 3.74. The normalized spacial score (nSPS) is 18.6. The fourth-order valence-corrected chi connectivity index (χ4v) is 0.391. The molecule has 0 saturated heterocycles. The molecule has 0 saturated carbocycles. The van der Waals surface area contributed by atoms with Gasteiger partial charge in [0.1, 0.15) is 0 Å². The summed E-state index contributed by atoms with van der Waals surface area (Å²) in [5.74, 6) is 0. The molecule has 0 aliphatic rings. The highest BCUT2D eigenvalue weighted by Gasteiger charge is 2.34. The van der Waals surface area contributed by atoms with Gasteiger partial charge in [0, 0.05) is 0 Å². The zero-order valence-corrected chi connectivity index (χ0v) is 5.90. The van der Waals surface area contributed by atoms with Crippen molar-refractivity contribution in [3.63, 3.8) is 0 Å². The Morgan fingerprint density at radius 2 is 2.00 bits per heavy atom. The quantitative estimate of drug-likeness (QED) is 0.569. The maximum absolute atomic E-state index is 11.7. The molecule has 0 fully saturated rings. The molecule has 5 heteroatoms. The second-order valence-electron chi connectivity index (χ2n) is 1.02. The Kier molecular flexibility index (Phi) is 2.89. The number of hydrogen-bond donors (Lipinski definition) is 1. The lowest BCUT2D eigenvalue weighted by molar-refractivity contribution is -0.0995. The van der Waals surface area contributed by atoms with Gasteiger partial charge < -0.3 is 5.11 Å². The molecule has 0 aliphatic heterocycles. The molecule has 0 amide bonds. The Morgan fingerprint density at radius 3 is 2.00 bits per heavy atom. The van der Waals surface area contributed by atoms with Gasteiger partial charge in [0.25, 0.3) is 0 Å². The second-order valence-corrected chi connectivity index (χ2v) is 3.30. The summed E-state index contributed by atoms with van der Waals surface area (Å²) in [4.78, 5) is 0. The number of aliphatic hydroxyl groups is 1. The van der Waals surface area contributed by atoms with Crippen LogP contribution < -0.4 is 0 Å².